The van der Waals surface area contributed by atoms with Crippen LogP contribution in [-0.4, -0.2) is 13.0 Å². The van der Waals surface area contributed by atoms with Crippen molar-refractivity contribution in [1.82, 2.24) is 0 Å². The van der Waals surface area contributed by atoms with Crippen molar-refractivity contribution in [2.24, 2.45) is 5.92 Å². The number of hydrogen-bond acceptors (Lipinski definition) is 2. The summed E-state index contributed by atoms with van der Waals surface area (Å²) in [6.45, 7) is 0. The molecule has 0 N–H and O–H groups in total. The molecule has 0 spiro atoms. The van der Waals surface area contributed by atoms with Gasteiger partial charge in [0.15, 0.2) is 0 Å². The molecule has 0 aromatic heterocycles. The van der Waals surface area contributed by atoms with Gasteiger partial charge in [0.1, 0.15) is 5.75 Å². The molecule has 0 bridgehead atoms. The van der Waals surface area contributed by atoms with Crippen LogP contribution in [0.2, 0.25) is 0 Å². The minimum Gasteiger partial charge on any atom is -0.497 e. The number of rotatable bonds is 7. The van der Waals surface area contributed by atoms with Gasteiger partial charge < -0.3 is 9.64 Å². The number of carbonyl (C=O) groups excluding carboxylic acids is 1. The fourth-order valence-corrected chi connectivity index (χ4v) is 4.06. The molecule has 1 saturated heterocycles. The van der Waals surface area contributed by atoms with Gasteiger partial charge in [-0.05, 0) is 54.7 Å². The first-order chi connectivity index (χ1) is 13.8. The molecule has 3 aromatic carbocycles. The monoisotopic (exact) mass is 371 g/mol. The Morgan fingerprint density at radius 2 is 1.50 bits per heavy atom. The zero-order valence-corrected chi connectivity index (χ0v) is 16.1. The molecule has 3 heteroatoms. The quantitative estimate of drug-likeness (QED) is 0.519. The molecule has 3 nitrogen and oxygen atoms in total. The van der Waals surface area contributed by atoms with Crippen LogP contribution in [0.3, 0.4) is 0 Å². The van der Waals surface area contributed by atoms with Gasteiger partial charge in [0.2, 0.25) is 5.91 Å². The second-order valence-electron chi connectivity index (χ2n) is 7.25. The van der Waals surface area contributed by atoms with Crippen LogP contribution in [0.15, 0.2) is 84.9 Å². The van der Waals surface area contributed by atoms with Crippen molar-refractivity contribution in [3.8, 4) is 5.75 Å². The molecule has 0 radical (unpaired) electrons. The van der Waals surface area contributed by atoms with Gasteiger partial charge in [0.05, 0.1) is 19.1 Å². The largest absolute Gasteiger partial charge is 0.497 e. The van der Waals surface area contributed by atoms with Crippen LogP contribution in [0.1, 0.15) is 30.0 Å². The predicted molar refractivity (Wildman–Crippen MR) is 113 cm³/mol. The second-order valence-corrected chi connectivity index (χ2v) is 7.25. The van der Waals surface area contributed by atoms with Gasteiger partial charge in [-0.25, -0.2) is 0 Å². The summed E-state index contributed by atoms with van der Waals surface area (Å²) in [5, 5.41) is 0. The molecule has 0 unspecified atom stereocenters. The SMILES string of the molecule is COc1ccc([C@H]2[C@H](CCCc3ccccc3)C(=O)N2c2ccccc2)cc1. The molecular formula is C25H25NO2. The van der Waals surface area contributed by atoms with Crippen LogP contribution in [0.4, 0.5) is 5.69 Å². The zero-order chi connectivity index (χ0) is 19.3. The van der Waals surface area contributed by atoms with Crippen molar-refractivity contribution in [2.45, 2.75) is 25.3 Å². The van der Waals surface area contributed by atoms with Crippen molar-refractivity contribution in [3.63, 3.8) is 0 Å². The molecule has 1 fully saturated rings. The average molecular weight is 371 g/mol. The van der Waals surface area contributed by atoms with Crippen molar-refractivity contribution < 1.29 is 9.53 Å². The van der Waals surface area contributed by atoms with Crippen LogP contribution in [0.25, 0.3) is 0 Å². The summed E-state index contributed by atoms with van der Waals surface area (Å²) in [7, 11) is 1.67. The molecule has 1 aliphatic heterocycles. The van der Waals surface area contributed by atoms with Gasteiger partial charge in [-0.1, -0.05) is 60.7 Å². The van der Waals surface area contributed by atoms with E-state index in [1.54, 1.807) is 7.11 Å². The third kappa shape index (κ3) is 3.65. The first-order valence-electron chi connectivity index (χ1n) is 9.84. The van der Waals surface area contributed by atoms with Crippen LogP contribution in [0.5, 0.6) is 5.75 Å². The highest BCUT2D eigenvalue weighted by molar-refractivity contribution is 6.03. The number of β-lactam (4-membered cyclic amide) rings is 1. The van der Waals surface area contributed by atoms with Gasteiger partial charge in [0.25, 0.3) is 0 Å². The van der Waals surface area contributed by atoms with Crippen LogP contribution in [0, 0.1) is 5.92 Å². The van der Waals surface area contributed by atoms with E-state index in [9.17, 15) is 4.79 Å². The number of ether oxygens (including phenoxy) is 1. The van der Waals surface area contributed by atoms with Crippen LogP contribution >= 0.6 is 0 Å². The van der Waals surface area contributed by atoms with E-state index in [-0.39, 0.29) is 17.9 Å². The summed E-state index contributed by atoms with van der Waals surface area (Å²) < 4.78 is 5.29. The summed E-state index contributed by atoms with van der Waals surface area (Å²) in [5.41, 5.74) is 3.46. The summed E-state index contributed by atoms with van der Waals surface area (Å²) in [4.78, 5) is 15.0. The van der Waals surface area contributed by atoms with E-state index in [2.05, 4.69) is 36.4 Å². The molecular weight excluding hydrogens is 346 g/mol. The molecule has 1 amide bonds. The highest BCUT2D eigenvalue weighted by atomic mass is 16.5. The highest BCUT2D eigenvalue weighted by Gasteiger charge is 2.48. The number of para-hydroxylation sites is 1. The van der Waals surface area contributed by atoms with Gasteiger partial charge in [-0.3, -0.25) is 4.79 Å². The average Bonchev–Trinajstić information content (AvgIpc) is 2.76. The Bertz CT molecular complexity index is 906. The van der Waals surface area contributed by atoms with Gasteiger partial charge in [-0.15, -0.1) is 0 Å². The summed E-state index contributed by atoms with van der Waals surface area (Å²) in [6.07, 6.45) is 2.91. The van der Waals surface area contributed by atoms with E-state index < -0.39 is 0 Å². The third-order valence-corrected chi connectivity index (χ3v) is 5.53. The van der Waals surface area contributed by atoms with Gasteiger partial charge in [0, 0.05) is 5.69 Å². The number of amides is 1. The van der Waals surface area contributed by atoms with Crippen molar-refractivity contribution in [3.05, 3.63) is 96.1 Å². The van der Waals surface area contributed by atoms with E-state index in [0.717, 1.165) is 36.3 Å². The number of carbonyl (C=O) groups is 1. The Hall–Kier alpha value is -3.07. The molecule has 28 heavy (non-hydrogen) atoms. The van der Waals surface area contributed by atoms with Crippen molar-refractivity contribution in [2.75, 3.05) is 12.0 Å². The fourth-order valence-electron chi connectivity index (χ4n) is 4.06. The van der Waals surface area contributed by atoms with E-state index >= 15 is 0 Å². The Morgan fingerprint density at radius 1 is 0.857 bits per heavy atom. The molecule has 142 valence electrons. The second kappa shape index (κ2) is 8.30. The van der Waals surface area contributed by atoms with Crippen molar-refractivity contribution in [1.29, 1.82) is 0 Å². The van der Waals surface area contributed by atoms with E-state index in [1.807, 2.05) is 53.4 Å². The minimum absolute atomic E-state index is 0.0253. The van der Waals surface area contributed by atoms with Gasteiger partial charge >= 0.3 is 0 Å². The first kappa shape index (κ1) is 18.3. The lowest BCUT2D eigenvalue weighted by Crippen LogP contribution is -2.55. The third-order valence-electron chi connectivity index (χ3n) is 5.53. The number of methoxy groups -OCH3 is 1. The standard InChI is InChI=1S/C25H25NO2/c1-28-22-17-15-20(16-18-22)24-23(14-8-11-19-9-4-2-5-10-19)25(27)26(24)21-12-6-3-7-13-21/h2-7,9-10,12-13,15-18,23-24H,8,11,14H2,1H3/t23-,24-/m0/s1. The van der Waals surface area contributed by atoms with Crippen LogP contribution < -0.4 is 9.64 Å². The van der Waals surface area contributed by atoms with E-state index in [4.69, 9.17) is 4.74 Å². The smallest absolute Gasteiger partial charge is 0.233 e. The Kier molecular flexibility index (Phi) is 5.43. The Labute approximate surface area is 166 Å². The van der Waals surface area contributed by atoms with E-state index in [1.165, 1.54) is 5.56 Å². The maximum Gasteiger partial charge on any atom is 0.233 e. The lowest BCUT2D eigenvalue weighted by atomic mass is 9.78. The first-order valence-corrected chi connectivity index (χ1v) is 9.84. The molecule has 4 rings (SSSR count). The topological polar surface area (TPSA) is 29.5 Å². The minimum atomic E-state index is 0.0253. The van der Waals surface area contributed by atoms with E-state index in [0.29, 0.717) is 0 Å². The predicted octanol–water partition coefficient (Wildman–Crippen LogP) is 5.42. The number of anilines is 1. The zero-order valence-electron chi connectivity index (χ0n) is 16.1. The number of benzene rings is 3. The Balaban J connectivity index is 1.53. The molecule has 0 aliphatic carbocycles. The summed E-state index contributed by atoms with van der Waals surface area (Å²) >= 11 is 0. The Morgan fingerprint density at radius 3 is 2.14 bits per heavy atom. The molecule has 0 saturated carbocycles. The normalized spacial score (nSPS) is 18.6. The molecule has 3 aromatic rings. The molecule has 2 atom stereocenters. The van der Waals surface area contributed by atoms with Crippen LogP contribution in [-0.2, 0) is 11.2 Å². The highest BCUT2D eigenvalue weighted by Crippen LogP contribution is 2.45. The number of hydrogen-bond donors (Lipinski definition) is 0. The lowest BCUT2D eigenvalue weighted by molar-refractivity contribution is -0.130. The fraction of sp³-hybridized carbons (Fsp3) is 0.240. The van der Waals surface area contributed by atoms with Crippen molar-refractivity contribution >= 4 is 11.6 Å². The molecule has 1 heterocycles. The number of aryl methyl sites for hydroxylation is 1. The van der Waals surface area contributed by atoms with Gasteiger partial charge in [-0.2, -0.15) is 0 Å². The maximum absolute atomic E-state index is 13.0. The number of nitrogens with zero attached hydrogens (tertiary/aromatic N) is 1. The molecule has 1 aliphatic rings. The lowest BCUT2D eigenvalue weighted by Gasteiger charge is -2.47. The summed E-state index contributed by atoms with van der Waals surface area (Å²) in [5.74, 6) is 1.08. The summed E-state index contributed by atoms with van der Waals surface area (Å²) in [6, 6.07) is 28.6. The maximum atomic E-state index is 13.0.